The Bertz CT molecular complexity index is 1110. The number of rotatable bonds is 7. The summed E-state index contributed by atoms with van der Waals surface area (Å²) in [5.74, 6) is -0.0378. The van der Waals surface area contributed by atoms with Gasteiger partial charge in [0.2, 0.25) is 17.3 Å². The molecule has 0 aliphatic heterocycles. The van der Waals surface area contributed by atoms with Crippen LogP contribution in [0.15, 0.2) is 36.7 Å². The number of hydrogen-bond donors (Lipinski definition) is 0. The summed E-state index contributed by atoms with van der Waals surface area (Å²) in [7, 11) is 5.48. The number of methoxy groups -OCH3 is 4. The second-order valence-corrected chi connectivity index (χ2v) is 5.90. The van der Waals surface area contributed by atoms with Crippen LogP contribution in [0.4, 0.5) is 5.69 Å². The number of nitro benzene ring substituents is 1. The van der Waals surface area contributed by atoms with Crippen molar-refractivity contribution in [1.82, 2.24) is 4.98 Å². The van der Waals surface area contributed by atoms with E-state index >= 15 is 0 Å². The predicted molar refractivity (Wildman–Crippen MR) is 104 cm³/mol. The van der Waals surface area contributed by atoms with E-state index in [1.165, 1.54) is 40.7 Å². The van der Waals surface area contributed by atoms with E-state index in [-0.39, 0.29) is 28.4 Å². The summed E-state index contributed by atoms with van der Waals surface area (Å²) in [5.41, 5.74) is -0.516. The van der Waals surface area contributed by atoms with E-state index in [1.54, 1.807) is 24.4 Å². The molecule has 0 saturated carbocycles. The highest BCUT2D eigenvalue weighted by Crippen LogP contribution is 2.47. The Labute approximate surface area is 165 Å². The molecule has 0 unspecified atom stereocenters. The third-order valence-electron chi connectivity index (χ3n) is 4.44. The Balaban J connectivity index is 2.29. The summed E-state index contributed by atoms with van der Waals surface area (Å²) in [6, 6.07) is 6.39. The number of aromatic nitrogens is 1. The summed E-state index contributed by atoms with van der Waals surface area (Å²) < 4.78 is 20.8. The van der Waals surface area contributed by atoms with Gasteiger partial charge in [0.1, 0.15) is 11.3 Å². The summed E-state index contributed by atoms with van der Waals surface area (Å²) in [5, 5.41) is 13.0. The number of ether oxygens (including phenoxy) is 4. The average Bonchev–Trinajstić information content (AvgIpc) is 2.75. The number of hydrogen-bond acceptors (Lipinski definition) is 8. The van der Waals surface area contributed by atoms with Gasteiger partial charge in [0.05, 0.1) is 33.4 Å². The molecule has 3 aromatic rings. The fourth-order valence-corrected chi connectivity index (χ4v) is 3.10. The van der Waals surface area contributed by atoms with Crippen LogP contribution in [0.3, 0.4) is 0 Å². The van der Waals surface area contributed by atoms with E-state index in [2.05, 4.69) is 4.98 Å². The quantitative estimate of drug-likeness (QED) is 0.338. The van der Waals surface area contributed by atoms with Crippen LogP contribution < -0.4 is 18.9 Å². The molecule has 0 saturated heterocycles. The topological polar surface area (TPSA) is 110 Å². The first-order valence-corrected chi connectivity index (χ1v) is 8.40. The van der Waals surface area contributed by atoms with Crippen molar-refractivity contribution in [2.45, 2.75) is 0 Å². The molecular weight excluding hydrogens is 380 g/mol. The van der Waals surface area contributed by atoms with Crippen molar-refractivity contribution in [3.8, 4) is 23.0 Å². The van der Waals surface area contributed by atoms with Crippen LogP contribution >= 0.6 is 0 Å². The van der Waals surface area contributed by atoms with E-state index in [0.29, 0.717) is 16.5 Å². The Kier molecular flexibility index (Phi) is 5.49. The van der Waals surface area contributed by atoms with Gasteiger partial charge < -0.3 is 18.9 Å². The Hall–Kier alpha value is -3.88. The molecule has 2 aromatic carbocycles. The van der Waals surface area contributed by atoms with Crippen molar-refractivity contribution in [3.63, 3.8) is 0 Å². The standard InChI is InChI=1S/C20H18N2O7/c1-26-12-5-6-13-11(7-12)9-21-10-15(13)18(23)14-8-16(27-2)19(28-3)20(29-4)17(14)22(24)25/h5-10H,1-4H3. The number of nitrogens with zero attached hydrogens (tertiary/aromatic N) is 2. The van der Waals surface area contributed by atoms with Gasteiger partial charge in [-0.2, -0.15) is 0 Å². The predicted octanol–water partition coefficient (Wildman–Crippen LogP) is 3.41. The van der Waals surface area contributed by atoms with E-state index in [9.17, 15) is 14.9 Å². The van der Waals surface area contributed by atoms with Crippen LogP contribution in [0, 0.1) is 10.1 Å². The molecule has 0 atom stereocenters. The van der Waals surface area contributed by atoms with E-state index < -0.39 is 16.4 Å². The molecule has 0 aliphatic rings. The number of ketones is 1. The highest BCUT2D eigenvalue weighted by molar-refractivity contribution is 6.18. The highest BCUT2D eigenvalue weighted by Gasteiger charge is 2.33. The lowest BCUT2D eigenvalue weighted by Crippen LogP contribution is -2.10. The molecule has 1 heterocycles. The number of fused-ring (bicyclic) bond motifs is 1. The van der Waals surface area contributed by atoms with Crippen molar-refractivity contribution in [2.24, 2.45) is 0 Å². The molecule has 0 amide bonds. The lowest BCUT2D eigenvalue weighted by molar-refractivity contribution is -0.386. The van der Waals surface area contributed by atoms with Crippen molar-refractivity contribution < 1.29 is 28.7 Å². The summed E-state index contributed by atoms with van der Waals surface area (Å²) in [6.07, 6.45) is 2.95. The molecule has 0 N–H and O–H groups in total. The van der Waals surface area contributed by atoms with E-state index in [4.69, 9.17) is 18.9 Å². The SMILES string of the molecule is COc1ccc2c(C(=O)c3cc(OC)c(OC)c(OC)c3[N+](=O)[O-])cncc2c1. The molecule has 9 nitrogen and oxygen atoms in total. The van der Waals surface area contributed by atoms with Crippen LogP contribution in [0.1, 0.15) is 15.9 Å². The van der Waals surface area contributed by atoms with Crippen LogP contribution in [-0.4, -0.2) is 44.1 Å². The van der Waals surface area contributed by atoms with Gasteiger partial charge in [-0.25, -0.2) is 0 Å². The first-order valence-electron chi connectivity index (χ1n) is 8.40. The van der Waals surface area contributed by atoms with Gasteiger partial charge in [0.15, 0.2) is 5.75 Å². The normalized spacial score (nSPS) is 10.5. The first-order chi connectivity index (χ1) is 14.0. The molecule has 0 aliphatic carbocycles. The molecular formula is C20H18N2O7. The molecule has 0 bridgehead atoms. The molecule has 150 valence electrons. The third kappa shape index (κ3) is 3.38. The number of pyridine rings is 1. The van der Waals surface area contributed by atoms with Crippen molar-refractivity contribution >= 4 is 22.2 Å². The van der Waals surface area contributed by atoms with Gasteiger partial charge in [0.25, 0.3) is 0 Å². The summed E-state index contributed by atoms with van der Waals surface area (Å²) in [6.45, 7) is 0. The van der Waals surface area contributed by atoms with E-state index in [0.717, 1.165) is 0 Å². The second kappa shape index (κ2) is 8.01. The Morgan fingerprint density at radius 3 is 2.24 bits per heavy atom. The summed E-state index contributed by atoms with van der Waals surface area (Å²) in [4.78, 5) is 28.6. The maximum Gasteiger partial charge on any atom is 0.326 e. The maximum atomic E-state index is 13.3. The monoisotopic (exact) mass is 398 g/mol. The van der Waals surface area contributed by atoms with Crippen LogP contribution in [0.5, 0.6) is 23.0 Å². The van der Waals surface area contributed by atoms with E-state index in [1.807, 2.05) is 0 Å². The first kappa shape index (κ1) is 19.9. The minimum Gasteiger partial charge on any atom is -0.497 e. The van der Waals surface area contributed by atoms with Gasteiger partial charge >= 0.3 is 5.69 Å². The van der Waals surface area contributed by atoms with Gasteiger partial charge in [0, 0.05) is 29.4 Å². The second-order valence-electron chi connectivity index (χ2n) is 5.90. The van der Waals surface area contributed by atoms with Crippen molar-refractivity contribution in [1.29, 1.82) is 0 Å². The molecule has 0 radical (unpaired) electrons. The molecule has 0 fully saturated rings. The van der Waals surface area contributed by atoms with Gasteiger partial charge in [-0.05, 0) is 23.6 Å². The minimum absolute atomic E-state index is 0.0269. The zero-order valence-electron chi connectivity index (χ0n) is 16.2. The largest absolute Gasteiger partial charge is 0.497 e. The molecule has 1 aromatic heterocycles. The fourth-order valence-electron chi connectivity index (χ4n) is 3.10. The van der Waals surface area contributed by atoms with Crippen molar-refractivity contribution in [2.75, 3.05) is 28.4 Å². The number of benzene rings is 2. The van der Waals surface area contributed by atoms with Crippen LogP contribution in [0.25, 0.3) is 10.8 Å². The number of carbonyl (C=O) groups excluding carboxylic acids is 1. The van der Waals surface area contributed by atoms with Gasteiger partial charge in [-0.3, -0.25) is 19.9 Å². The third-order valence-corrected chi connectivity index (χ3v) is 4.44. The Morgan fingerprint density at radius 1 is 0.931 bits per heavy atom. The lowest BCUT2D eigenvalue weighted by Gasteiger charge is -2.15. The minimum atomic E-state index is -0.685. The lowest BCUT2D eigenvalue weighted by atomic mass is 9.97. The van der Waals surface area contributed by atoms with Gasteiger partial charge in [-0.1, -0.05) is 0 Å². The average molecular weight is 398 g/mol. The molecule has 3 rings (SSSR count). The Morgan fingerprint density at radius 2 is 1.66 bits per heavy atom. The summed E-state index contributed by atoms with van der Waals surface area (Å²) >= 11 is 0. The number of nitro groups is 1. The highest BCUT2D eigenvalue weighted by atomic mass is 16.6. The zero-order valence-corrected chi connectivity index (χ0v) is 16.2. The zero-order chi connectivity index (χ0) is 21.1. The fraction of sp³-hybridized carbons (Fsp3) is 0.200. The number of carbonyl (C=O) groups is 1. The van der Waals surface area contributed by atoms with Crippen molar-refractivity contribution in [3.05, 3.63) is 57.9 Å². The molecule has 29 heavy (non-hydrogen) atoms. The maximum absolute atomic E-state index is 13.3. The molecule has 0 spiro atoms. The smallest absolute Gasteiger partial charge is 0.326 e. The van der Waals surface area contributed by atoms with Gasteiger partial charge in [-0.15, -0.1) is 0 Å². The molecule has 9 heteroatoms. The van der Waals surface area contributed by atoms with Crippen LogP contribution in [0.2, 0.25) is 0 Å². The van der Waals surface area contributed by atoms with Crippen LogP contribution in [-0.2, 0) is 0 Å².